The predicted molar refractivity (Wildman–Crippen MR) is 107 cm³/mol. The van der Waals surface area contributed by atoms with Crippen molar-refractivity contribution < 1.29 is 9.21 Å². The van der Waals surface area contributed by atoms with Crippen LogP contribution in [0.3, 0.4) is 0 Å². The number of hydrogen-bond donors (Lipinski definition) is 2. The molecule has 2 aliphatic rings. The van der Waals surface area contributed by atoms with Crippen LogP contribution in [0.15, 0.2) is 27.8 Å². The van der Waals surface area contributed by atoms with Crippen molar-refractivity contribution in [1.29, 1.82) is 0 Å². The lowest BCUT2D eigenvalue weighted by atomic mass is 10.1. The van der Waals surface area contributed by atoms with Gasteiger partial charge in [-0.1, -0.05) is 0 Å². The van der Waals surface area contributed by atoms with E-state index in [2.05, 4.69) is 20.5 Å². The number of furan rings is 1. The zero-order valence-corrected chi connectivity index (χ0v) is 16.5. The van der Waals surface area contributed by atoms with Crippen LogP contribution < -0.4 is 10.6 Å². The van der Waals surface area contributed by atoms with Crippen LogP contribution in [0.4, 0.5) is 0 Å². The molecule has 2 aliphatic heterocycles. The molecule has 0 radical (unpaired) electrons. The van der Waals surface area contributed by atoms with Gasteiger partial charge in [0, 0.05) is 26.2 Å². The van der Waals surface area contributed by atoms with E-state index in [1.165, 1.54) is 19.3 Å². The monoisotopic (exact) mass is 375 g/mol. The van der Waals surface area contributed by atoms with E-state index >= 15 is 0 Å². The Labute approximate surface area is 162 Å². The third-order valence-corrected chi connectivity index (χ3v) is 5.34. The fourth-order valence-corrected chi connectivity index (χ4v) is 3.87. The largest absolute Gasteiger partial charge is 0.468 e. The quantitative estimate of drug-likeness (QED) is 0.563. The van der Waals surface area contributed by atoms with Gasteiger partial charge in [-0.15, -0.1) is 0 Å². The summed E-state index contributed by atoms with van der Waals surface area (Å²) < 4.78 is 5.68. The van der Waals surface area contributed by atoms with E-state index < -0.39 is 0 Å². The van der Waals surface area contributed by atoms with Gasteiger partial charge in [0.25, 0.3) is 0 Å². The molecule has 1 aromatic heterocycles. The maximum atomic E-state index is 12.4. The van der Waals surface area contributed by atoms with Gasteiger partial charge in [0.2, 0.25) is 5.91 Å². The maximum Gasteiger partial charge on any atom is 0.244 e. The molecule has 3 heterocycles. The molecule has 1 atom stereocenters. The number of carbonyl (C=O) groups excluding carboxylic acids is 1. The first-order valence-corrected chi connectivity index (χ1v) is 10.4. The number of rotatable bonds is 7. The SMILES string of the molecule is CCNC(=NCC(=O)N1CCCCC1)NCC(c1ccco1)N1CCCC1. The van der Waals surface area contributed by atoms with Crippen LogP contribution in [0.2, 0.25) is 0 Å². The fraction of sp³-hybridized carbons (Fsp3) is 0.700. The summed E-state index contributed by atoms with van der Waals surface area (Å²) in [5, 5.41) is 6.66. The lowest BCUT2D eigenvalue weighted by Gasteiger charge is -2.27. The van der Waals surface area contributed by atoms with Crippen molar-refractivity contribution in [2.24, 2.45) is 4.99 Å². The number of nitrogens with one attached hydrogen (secondary N) is 2. The average molecular weight is 376 g/mol. The Morgan fingerprint density at radius 2 is 1.89 bits per heavy atom. The Morgan fingerprint density at radius 3 is 2.56 bits per heavy atom. The number of likely N-dealkylation sites (tertiary alicyclic amines) is 2. The summed E-state index contributed by atoms with van der Waals surface area (Å²) in [6, 6.07) is 4.16. The molecule has 3 rings (SSSR count). The van der Waals surface area contributed by atoms with E-state index in [4.69, 9.17) is 4.42 Å². The second kappa shape index (κ2) is 10.3. The molecule has 2 fully saturated rings. The highest BCUT2D eigenvalue weighted by atomic mass is 16.3. The second-order valence-corrected chi connectivity index (χ2v) is 7.29. The molecule has 27 heavy (non-hydrogen) atoms. The summed E-state index contributed by atoms with van der Waals surface area (Å²) >= 11 is 0. The molecule has 0 aliphatic carbocycles. The maximum absolute atomic E-state index is 12.4. The Bertz CT molecular complexity index is 590. The van der Waals surface area contributed by atoms with Gasteiger partial charge >= 0.3 is 0 Å². The minimum absolute atomic E-state index is 0.119. The molecule has 7 heteroatoms. The second-order valence-electron chi connectivity index (χ2n) is 7.29. The van der Waals surface area contributed by atoms with E-state index in [9.17, 15) is 4.79 Å². The van der Waals surface area contributed by atoms with Gasteiger partial charge in [0.15, 0.2) is 5.96 Å². The number of carbonyl (C=O) groups is 1. The Morgan fingerprint density at radius 1 is 1.15 bits per heavy atom. The van der Waals surface area contributed by atoms with Crippen molar-refractivity contribution in [1.82, 2.24) is 20.4 Å². The van der Waals surface area contributed by atoms with Crippen molar-refractivity contribution in [2.45, 2.75) is 45.1 Å². The van der Waals surface area contributed by atoms with Crippen molar-refractivity contribution in [3.8, 4) is 0 Å². The zero-order valence-electron chi connectivity index (χ0n) is 16.5. The van der Waals surface area contributed by atoms with Gasteiger partial charge < -0.3 is 20.0 Å². The number of hydrogen-bond acceptors (Lipinski definition) is 4. The van der Waals surface area contributed by atoms with Crippen molar-refractivity contribution in [3.63, 3.8) is 0 Å². The van der Waals surface area contributed by atoms with Gasteiger partial charge in [-0.05, 0) is 64.3 Å². The minimum Gasteiger partial charge on any atom is -0.468 e. The highest BCUT2D eigenvalue weighted by molar-refractivity contribution is 5.85. The van der Waals surface area contributed by atoms with Crippen LogP contribution in [0.1, 0.15) is 50.8 Å². The standard InChI is InChI=1S/C20H33N5O2/c1-2-21-20(23-16-19(26)25-12-4-3-5-13-25)22-15-17(18-9-8-14-27-18)24-10-6-7-11-24/h8-9,14,17H,2-7,10-13,15-16H2,1H3,(H2,21,22,23). The molecule has 2 saturated heterocycles. The Balaban J connectivity index is 1.57. The molecule has 0 bridgehead atoms. The first-order chi connectivity index (χ1) is 13.3. The highest BCUT2D eigenvalue weighted by Gasteiger charge is 2.25. The molecule has 7 nitrogen and oxygen atoms in total. The molecule has 1 amide bonds. The van der Waals surface area contributed by atoms with E-state index in [0.717, 1.165) is 51.3 Å². The summed E-state index contributed by atoms with van der Waals surface area (Å²) in [7, 11) is 0. The van der Waals surface area contributed by atoms with Crippen LogP contribution >= 0.6 is 0 Å². The van der Waals surface area contributed by atoms with Crippen molar-refractivity contribution >= 4 is 11.9 Å². The molecule has 1 aromatic rings. The highest BCUT2D eigenvalue weighted by Crippen LogP contribution is 2.24. The number of guanidine groups is 1. The minimum atomic E-state index is 0.119. The normalized spacial score (nSPS) is 19.9. The Hall–Kier alpha value is -2.02. The van der Waals surface area contributed by atoms with Gasteiger partial charge in [0.05, 0.1) is 12.3 Å². The van der Waals surface area contributed by atoms with E-state index in [1.807, 2.05) is 24.0 Å². The van der Waals surface area contributed by atoms with Crippen LogP contribution in [-0.4, -0.2) is 67.5 Å². The molecule has 2 N–H and O–H groups in total. The molecule has 150 valence electrons. The molecule has 0 aromatic carbocycles. The summed E-state index contributed by atoms with van der Waals surface area (Å²) in [4.78, 5) is 21.3. The summed E-state index contributed by atoms with van der Waals surface area (Å²) in [5.74, 6) is 1.79. The van der Waals surface area contributed by atoms with Crippen molar-refractivity contribution in [2.75, 3.05) is 45.8 Å². The smallest absolute Gasteiger partial charge is 0.244 e. The van der Waals surface area contributed by atoms with Crippen molar-refractivity contribution in [3.05, 3.63) is 24.2 Å². The topological polar surface area (TPSA) is 73.1 Å². The molecular weight excluding hydrogens is 342 g/mol. The van der Waals surface area contributed by atoms with Crippen LogP contribution in [0, 0.1) is 0 Å². The number of aliphatic imine (C=N–C) groups is 1. The van der Waals surface area contributed by atoms with Crippen LogP contribution in [-0.2, 0) is 4.79 Å². The summed E-state index contributed by atoms with van der Waals surface area (Å²) in [6.45, 7) is 7.62. The molecule has 0 saturated carbocycles. The van der Waals surface area contributed by atoms with E-state index in [1.54, 1.807) is 6.26 Å². The first kappa shape index (κ1) is 19.7. The number of piperidine rings is 1. The van der Waals surface area contributed by atoms with E-state index in [-0.39, 0.29) is 18.5 Å². The third kappa shape index (κ3) is 5.73. The first-order valence-electron chi connectivity index (χ1n) is 10.4. The summed E-state index contributed by atoms with van der Waals surface area (Å²) in [5.41, 5.74) is 0. The van der Waals surface area contributed by atoms with Gasteiger partial charge in [-0.2, -0.15) is 0 Å². The third-order valence-electron chi connectivity index (χ3n) is 5.34. The van der Waals surface area contributed by atoms with Gasteiger partial charge in [-0.3, -0.25) is 9.69 Å². The Kier molecular flexibility index (Phi) is 7.56. The van der Waals surface area contributed by atoms with Crippen LogP contribution in [0.5, 0.6) is 0 Å². The van der Waals surface area contributed by atoms with Crippen LogP contribution in [0.25, 0.3) is 0 Å². The lowest BCUT2D eigenvalue weighted by Crippen LogP contribution is -2.43. The number of nitrogens with zero attached hydrogens (tertiary/aromatic N) is 3. The molecule has 0 spiro atoms. The van der Waals surface area contributed by atoms with Gasteiger partial charge in [0.1, 0.15) is 12.3 Å². The fourth-order valence-electron chi connectivity index (χ4n) is 3.87. The summed E-state index contributed by atoms with van der Waals surface area (Å²) in [6.07, 6.45) is 7.63. The molecular formula is C20H33N5O2. The predicted octanol–water partition coefficient (Wildman–Crippen LogP) is 1.98. The number of amides is 1. The van der Waals surface area contributed by atoms with Gasteiger partial charge in [-0.25, -0.2) is 4.99 Å². The average Bonchev–Trinajstić information content (AvgIpc) is 3.41. The van der Waals surface area contributed by atoms with E-state index in [0.29, 0.717) is 12.5 Å². The lowest BCUT2D eigenvalue weighted by molar-refractivity contribution is -0.130. The molecule has 1 unspecified atom stereocenters. The zero-order chi connectivity index (χ0) is 18.9.